The maximum Gasteiger partial charge on any atom is 0.343 e. The van der Waals surface area contributed by atoms with Gasteiger partial charge < -0.3 is 9.47 Å². The van der Waals surface area contributed by atoms with Crippen LogP contribution in [0.25, 0.3) is 11.1 Å². The number of benzene rings is 3. The van der Waals surface area contributed by atoms with E-state index in [0.29, 0.717) is 23.7 Å². The minimum Gasteiger partial charge on any atom is -0.491 e. The van der Waals surface area contributed by atoms with Gasteiger partial charge in [0.15, 0.2) is 23.2 Å². The summed E-state index contributed by atoms with van der Waals surface area (Å²) in [6.07, 6.45) is 9.15. The first-order valence-corrected chi connectivity index (χ1v) is 14.1. The van der Waals surface area contributed by atoms with Gasteiger partial charge in [-0.1, -0.05) is 76.6 Å². The number of unbranched alkanes of at least 4 members (excludes halogenated alkanes) is 4. The Kier molecular flexibility index (Phi) is 10.1. The smallest absolute Gasteiger partial charge is 0.343 e. The third-order valence-electron chi connectivity index (χ3n) is 7.62. The number of carbonyl (C=O) groups excluding carboxylic acids is 1. The Bertz CT molecular complexity index is 1250. The Morgan fingerprint density at radius 2 is 1.56 bits per heavy atom. The van der Waals surface area contributed by atoms with Crippen molar-refractivity contribution in [1.29, 1.82) is 0 Å². The lowest BCUT2D eigenvalue weighted by atomic mass is 9.79. The highest BCUT2D eigenvalue weighted by molar-refractivity contribution is 5.91. The maximum atomic E-state index is 15.0. The van der Waals surface area contributed by atoms with Crippen molar-refractivity contribution < 1.29 is 27.4 Å². The van der Waals surface area contributed by atoms with E-state index >= 15 is 4.39 Å². The normalized spacial score (nSPS) is 17.2. The number of ether oxygens (including phenoxy) is 2. The standard InChI is InChI=1S/C33H37F3O3/c1-3-4-5-6-7-20-38-30-19-16-26(21-29(30)34)39-33(37)25-14-12-24(13-15-25)28-18-17-27(31(35)32(28)36)23-10-8-22(2)9-11-23/h12-19,21-23H,3-11,20H2,1-2H3. The molecule has 3 nitrogen and oxygen atoms in total. The second-order valence-electron chi connectivity index (χ2n) is 10.6. The largest absolute Gasteiger partial charge is 0.491 e. The van der Waals surface area contributed by atoms with Gasteiger partial charge in [0.25, 0.3) is 0 Å². The lowest BCUT2D eigenvalue weighted by Crippen LogP contribution is -2.13. The van der Waals surface area contributed by atoms with E-state index in [1.165, 1.54) is 30.7 Å². The zero-order valence-electron chi connectivity index (χ0n) is 22.8. The molecule has 6 heteroatoms. The molecule has 1 aliphatic carbocycles. The molecule has 0 atom stereocenters. The van der Waals surface area contributed by atoms with Crippen LogP contribution in [0.3, 0.4) is 0 Å². The number of halogens is 3. The minimum atomic E-state index is -0.875. The molecule has 1 fully saturated rings. The SMILES string of the molecule is CCCCCCCOc1ccc(OC(=O)c2ccc(-c3ccc(C4CCC(C)CC4)c(F)c3F)cc2)cc1F. The number of hydrogen-bond acceptors (Lipinski definition) is 3. The second kappa shape index (κ2) is 13.7. The van der Waals surface area contributed by atoms with Crippen LogP contribution in [-0.4, -0.2) is 12.6 Å². The predicted molar refractivity (Wildman–Crippen MR) is 148 cm³/mol. The topological polar surface area (TPSA) is 35.5 Å². The molecule has 0 bridgehead atoms. The van der Waals surface area contributed by atoms with Gasteiger partial charge in [0.2, 0.25) is 0 Å². The van der Waals surface area contributed by atoms with Crippen LogP contribution in [0.5, 0.6) is 11.5 Å². The molecular formula is C33H37F3O3. The van der Waals surface area contributed by atoms with E-state index in [-0.39, 0.29) is 28.5 Å². The van der Waals surface area contributed by atoms with E-state index in [2.05, 4.69) is 13.8 Å². The molecule has 0 saturated heterocycles. The van der Waals surface area contributed by atoms with Crippen LogP contribution in [0, 0.1) is 23.4 Å². The molecule has 0 N–H and O–H groups in total. The van der Waals surface area contributed by atoms with E-state index < -0.39 is 23.4 Å². The first-order chi connectivity index (χ1) is 18.9. The van der Waals surface area contributed by atoms with Crippen molar-refractivity contribution in [2.75, 3.05) is 6.61 Å². The van der Waals surface area contributed by atoms with Gasteiger partial charge in [-0.05, 0) is 66.5 Å². The average Bonchev–Trinajstić information content (AvgIpc) is 2.94. The molecule has 3 aromatic carbocycles. The molecule has 1 aliphatic rings. The number of esters is 1. The fourth-order valence-electron chi connectivity index (χ4n) is 5.18. The van der Waals surface area contributed by atoms with Gasteiger partial charge in [0, 0.05) is 11.6 Å². The van der Waals surface area contributed by atoms with Gasteiger partial charge in [0.05, 0.1) is 12.2 Å². The van der Waals surface area contributed by atoms with Crippen molar-refractivity contribution in [3.63, 3.8) is 0 Å². The molecule has 3 aromatic rings. The zero-order valence-corrected chi connectivity index (χ0v) is 22.8. The van der Waals surface area contributed by atoms with Crippen LogP contribution in [0.4, 0.5) is 13.2 Å². The Balaban J connectivity index is 1.36. The maximum absolute atomic E-state index is 15.0. The summed E-state index contributed by atoms with van der Waals surface area (Å²) < 4.78 is 55.3. The second-order valence-corrected chi connectivity index (χ2v) is 10.6. The lowest BCUT2D eigenvalue weighted by Gasteiger charge is -2.27. The summed E-state index contributed by atoms with van der Waals surface area (Å²) in [4.78, 5) is 12.6. The van der Waals surface area contributed by atoms with Crippen LogP contribution in [0.2, 0.25) is 0 Å². The van der Waals surface area contributed by atoms with Crippen LogP contribution < -0.4 is 9.47 Å². The summed E-state index contributed by atoms with van der Waals surface area (Å²) in [5.74, 6) is -2.11. The molecule has 0 spiro atoms. The van der Waals surface area contributed by atoms with Crippen molar-refractivity contribution in [1.82, 2.24) is 0 Å². The van der Waals surface area contributed by atoms with E-state index in [1.54, 1.807) is 24.3 Å². The molecule has 0 unspecified atom stereocenters. The van der Waals surface area contributed by atoms with Gasteiger partial charge in [-0.15, -0.1) is 0 Å². The predicted octanol–water partition coefficient (Wildman–Crippen LogP) is 9.63. The van der Waals surface area contributed by atoms with Crippen molar-refractivity contribution in [2.24, 2.45) is 5.92 Å². The summed E-state index contributed by atoms with van der Waals surface area (Å²) >= 11 is 0. The summed E-state index contributed by atoms with van der Waals surface area (Å²) in [6, 6.07) is 13.4. The van der Waals surface area contributed by atoms with Gasteiger partial charge in [-0.2, -0.15) is 0 Å². The Morgan fingerprint density at radius 1 is 0.846 bits per heavy atom. The van der Waals surface area contributed by atoms with Gasteiger partial charge in [-0.25, -0.2) is 18.0 Å². The van der Waals surface area contributed by atoms with Crippen LogP contribution in [0.1, 0.15) is 93.5 Å². The highest BCUT2D eigenvalue weighted by Crippen LogP contribution is 2.38. The van der Waals surface area contributed by atoms with Crippen molar-refractivity contribution in [3.05, 3.63) is 83.2 Å². The van der Waals surface area contributed by atoms with Crippen molar-refractivity contribution >= 4 is 5.97 Å². The van der Waals surface area contributed by atoms with Gasteiger partial charge in [-0.3, -0.25) is 0 Å². The first-order valence-electron chi connectivity index (χ1n) is 14.1. The number of hydrogen-bond donors (Lipinski definition) is 0. The number of rotatable bonds is 11. The summed E-state index contributed by atoms with van der Waals surface area (Å²) in [7, 11) is 0. The average molecular weight is 539 g/mol. The summed E-state index contributed by atoms with van der Waals surface area (Å²) in [5, 5.41) is 0. The van der Waals surface area contributed by atoms with E-state index in [1.807, 2.05) is 0 Å². The molecule has 39 heavy (non-hydrogen) atoms. The summed E-state index contributed by atoms with van der Waals surface area (Å²) in [5.41, 5.74) is 1.25. The Hall–Kier alpha value is -3.28. The molecule has 0 radical (unpaired) electrons. The van der Waals surface area contributed by atoms with Crippen LogP contribution in [-0.2, 0) is 0 Å². The van der Waals surface area contributed by atoms with Gasteiger partial charge >= 0.3 is 5.97 Å². The van der Waals surface area contributed by atoms with E-state index in [0.717, 1.165) is 57.4 Å². The van der Waals surface area contributed by atoms with Crippen molar-refractivity contribution in [2.45, 2.75) is 77.6 Å². The van der Waals surface area contributed by atoms with E-state index in [9.17, 15) is 13.6 Å². The molecular weight excluding hydrogens is 501 g/mol. The fraction of sp³-hybridized carbons (Fsp3) is 0.424. The zero-order chi connectivity index (χ0) is 27.8. The van der Waals surface area contributed by atoms with Gasteiger partial charge in [0.1, 0.15) is 5.75 Å². The molecule has 208 valence electrons. The lowest BCUT2D eigenvalue weighted by molar-refractivity contribution is 0.0734. The third kappa shape index (κ3) is 7.43. The first kappa shape index (κ1) is 28.7. The third-order valence-corrected chi connectivity index (χ3v) is 7.62. The highest BCUT2D eigenvalue weighted by atomic mass is 19.2. The molecule has 0 aliphatic heterocycles. The highest BCUT2D eigenvalue weighted by Gasteiger charge is 2.25. The molecule has 0 heterocycles. The monoisotopic (exact) mass is 538 g/mol. The van der Waals surface area contributed by atoms with E-state index in [4.69, 9.17) is 9.47 Å². The molecule has 0 aromatic heterocycles. The molecule has 4 rings (SSSR count). The van der Waals surface area contributed by atoms with Crippen LogP contribution in [0.15, 0.2) is 54.6 Å². The molecule has 0 amide bonds. The van der Waals surface area contributed by atoms with Crippen LogP contribution >= 0.6 is 0 Å². The summed E-state index contributed by atoms with van der Waals surface area (Å²) in [6.45, 7) is 4.77. The van der Waals surface area contributed by atoms with Crippen molar-refractivity contribution in [3.8, 4) is 22.6 Å². The Morgan fingerprint density at radius 3 is 2.26 bits per heavy atom. The number of carbonyl (C=O) groups is 1. The fourth-order valence-corrected chi connectivity index (χ4v) is 5.18. The molecule has 1 saturated carbocycles. The quantitative estimate of drug-likeness (QED) is 0.138. The minimum absolute atomic E-state index is 0.0444. The Labute approximate surface area is 229 Å².